The number of hydrazone groups is 1. The first-order valence-electron chi connectivity index (χ1n) is 10.7. The van der Waals surface area contributed by atoms with Gasteiger partial charge in [-0.3, -0.25) is 9.59 Å². The Labute approximate surface area is 207 Å². The zero-order chi connectivity index (χ0) is 25.9. The lowest BCUT2D eigenvalue weighted by Crippen LogP contribution is -2.34. The van der Waals surface area contributed by atoms with Crippen LogP contribution in [0.3, 0.4) is 0 Å². The van der Waals surface area contributed by atoms with Crippen LogP contribution in [-0.4, -0.2) is 51.9 Å². The molecule has 3 aromatic rings. The number of carbonyl (C=O) groups is 3. The maximum atomic E-state index is 12.3. The van der Waals surface area contributed by atoms with Gasteiger partial charge in [-0.25, -0.2) is 10.2 Å². The summed E-state index contributed by atoms with van der Waals surface area (Å²) >= 11 is 0. The van der Waals surface area contributed by atoms with Crippen LogP contribution in [0.25, 0.3) is 0 Å². The summed E-state index contributed by atoms with van der Waals surface area (Å²) in [6.07, 6.45) is 1.39. The molecule has 2 amide bonds. The summed E-state index contributed by atoms with van der Waals surface area (Å²) in [6, 6.07) is 18.0. The molecule has 36 heavy (non-hydrogen) atoms. The van der Waals surface area contributed by atoms with Gasteiger partial charge in [-0.1, -0.05) is 18.2 Å². The molecule has 0 fully saturated rings. The van der Waals surface area contributed by atoms with E-state index in [-0.39, 0.29) is 12.3 Å². The minimum Gasteiger partial charge on any atom is -0.493 e. The first-order valence-corrected chi connectivity index (χ1v) is 10.7. The predicted molar refractivity (Wildman–Crippen MR) is 132 cm³/mol. The maximum absolute atomic E-state index is 12.3. The molecular formula is C26H25N3O7. The molecule has 0 radical (unpaired) electrons. The molecule has 0 aliphatic carbocycles. The van der Waals surface area contributed by atoms with Crippen molar-refractivity contribution in [3.8, 4) is 23.0 Å². The zero-order valence-electron chi connectivity index (χ0n) is 19.9. The molecular weight excluding hydrogens is 466 g/mol. The van der Waals surface area contributed by atoms with E-state index >= 15 is 0 Å². The lowest BCUT2D eigenvalue weighted by Gasteiger charge is -2.10. The van der Waals surface area contributed by atoms with Gasteiger partial charge in [0, 0.05) is 5.56 Å². The molecule has 3 rings (SSSR count). The SMILES string of the molecule is COc1ccc(C(=O)NCC(=O)NN=Cc2ccc(OC(=O)c3ccccc3)c(OC)c2)cc1OC. The fourth-order valence-electron chi connectivity index (χ4n) is 3.04. The summed E-state index contributed by atoms with van der Waals surface area (Å²) < 4.78 is 21.0. The van der Waals surface area contributed by atoms with Gasteiger partial charge >= 0.3 is 5.97 Å². The van der Waals surface area contributed by atoms with Gasteiger partial charge in [-0.15, -0.1) is 0 Å². The number of carbonyl (C=O) groups excluding carboxylic acids is 3. The van der Waals surface area contributed by atoms with Crippen molar-refractivity contribution in [1.82, 2.24) is 10.7 Å². The average molecular weight is 492 g/mol. The van der Waals surface area contributed by atoms with Gasteiger partial charge in [0.15, 0.2) is 23.0 Å². The lowest BCUT2D eigenvalue weighted by atomic mass is 10.2. The highest BCUT2D eigenvalue weighted by molar-refractivity contribution is 5.97. The van der Waals surface area contributed by atoms with E-state index in [0.717, 1.165) is 0 Å². The van der Waals surface area contributed by atoms with E-state index in [2.05, 4.69) is 15.8 Å². The first-order chi connectivity index (χ1) is 17.4. The van der Waals surface area contributed by atoms with Crippen LogP contribution in [0.5, 0.6) is 23.0 Å². The normalized spacial score (nSPS) is 10.4. The van der Waals surface area contributed by atoms with Crippen molar-refractivity contribution in [3.05, 3.63) is 83.4 Å². The maximum Gasteiger partial charge on any atom is 0.343 e. The number of amides is 2. The third kappa shape index (κ3) is 6.83. The van der Waals surface area contributed by atoms with Crippen LogP contribution in [0.4, 0.5) is 0 Å². The number of ether oxygens (including phenoxy) is 4. The minimum absolute atomic E-state index is 0.241. The molecule has 0 saturated heterocycles. The number of hydrogen-bond acceptors (Lipinski definition) is 8. The molecule has 0 unspecified atom stereocenters. The highest BCUT2D eigenvalue weighted by Gasteiger charge is 2.13. The van der Waals surface area contributed by atoms with Gasteiger partial charge in [0.2, 0.25) is 0 Å². The van der Waals surface area contributed by atoms with Crippen molar-refractivity contribution < 1.29 is 33.3 Å². The molecule has 3 aromatic carbocycles. The Morgan fingerprint density at radius 2 is 1.44 bits per heavy atom. The Morgan fingerprint density at radius 1 is 0.778 bits per heavy atom. The standard InChI is InChI=1S/C26H25N3O7/c1-33-20-12-10-19(14-23(20)35-3)25(31)27-16-24(30)29-28-15-17-9-11-21(22(13-17)34-2)36-26(32)18-7-5-4-6-8-18/h4-15H,16H2,1-3H3,(H,27,31)(H,29,30). The van der Waals surface area contributed by atoms with Gasteiger partial charge in [0.25, 0.3) is 11.8 Å². The molecule has 0 spiro atoms. The van der Waals surface area contributed by atoms with Crippen molar-refractivity contribution in [1.29, 1.82) is 0 Å². The molecule has 10 heteroatoms. The monoisotopic (exact) mass is 491 g/mol. The van der Waals surface area contributed by atoms with Crippen LogP contribution >= 0.6 is 0 Å². The smallest absolute Gasteiger partial charge is 0.343 e. The Bertz CT molecular complexity index is 1260. The van der Waals surface area contributed by atoms with Gasteiger partial charge in [-0.05, 0) is 54.1 Å². The van der Waals surface area contributed by atoms with E-state index < -0.39 is 17.8 Å². The van der Waals surface area contributed by atoms with Crippen LogP contribution in [0.2, 0.25) is 0 Å². The number of nitrogens with zero attached hydrogens (tertiary/aromatic N) is 1. The summed E-state index contributed by atoms with van der Waals surface area (Å²) in [5.74, 6) is -0.0589. The van der Waals surface area contributed by atoms with Crippen molar-refractivity contribution in [2.75, 3.05) is 27.9 Å². The zero-order valence-corrected chi connectivity index (χ0v) is 19.9. The fourth-order valence-corrected chi connectivity index (χ4v) is 3.04. The molecule has 186 valence electrons. The summed E-state index contributed by atoms with van der Waals surface area (Å²) in [6.45, 7) is -0.289. The van der Waals surface area contributed by atoms with Gasteiger partial charge in [-0.2, -0.15) is 5.10 Å². The van der Waals surface area contributed by atoms with Gasteiger partial charge < -0.3 is 24.3 Å². The quantitative estimate of drug-likeness (QED) is 0.193. The molecule has 0 saturated carbocycles. The van der Waals surface area contributed by atoms with Crippen LogP contribution < -0.4 is 29.7 Å². The Hall–Kier alpha value is -4.86. The predicted octanol–water partition coefficient (Wildman–Crippen LogP) is 2.81. The summed E-state index contributed by atoms with van der Waals surface area (Å²) in [7, 11) is 4.40. The second kappa shape index (κ2) is 12.6. The largest absolute Gasteiger partial charge is 0.493 e. The summed E-state index contributed by atoms with van der Waals surface area (Å²) in [5, 5.41) is 6.38. The Morgan fingerprint density at radius 3 is 2.14 bits per heavy atom. The Balaban J connectivity index is 1.53. The minimum atomic E-state index is -0.527. The van der Waals surface area contributed by atoms with E-state index in [1.165, 1.54) is 33.6 Å². The highest BCUT2D eigenvalue weighted by Crippen LogP contribution is 2.29. The van der Waals surface area contributed by atoms with E-state index in [1.807, 2.05) is 0 Å². The summed E-state index contributed by atoms with van der Waals surface area (Å²) in [5.41, 5.74) is 3.63. The van der Waals surface area contributed by atoms with E-state index in [0.29, 0.717) is 33.9 Å². The molecule has 0 atom stereocenters. The van der Waals surface area contributed by atoms with Crippen LogP contribution in [0.15, 0.2) is 71.8 Å². The Kier molecular flexibility index (Phi) is 8.99. The molecule has 0 bridgehead atoms. The average Bonchev–Trinajstić information content (AvgIpc) is 2.92. The number of esters is 1. The number of benzene rings is 3. The molecule has 2 N–H and O–H groups in total. The van der Waals surface area contributed by atoms with Crippen molar-refractivity contribution in [3.63, 3.8) is 0 Å². The molecule has 0 aliphatic rings. The third-order valence-corrected chi connectivity index (χ3v) is 4.86. The van der Waals surface area contributed by atoms with Crippen LogP contribution in [0.1, 0.15) is 26.3 Å². The molecule has 0 aliphatic heterocycles. The van der Waals surface area contributed by atoms with E-state index in [1.54, 1.807) is 60.7 Å². The van der Waals surface area contributed by atoms with Crippen LogP contribution in [0, 0.1) is 0 Å². The molecule has 10 nitrogen and oxygen atoms in total. The van der Waals surface area contributed by atoms with Crippen molar-refractivity contribution in [2.24, 2.45) is 5.10 Å². The third-order valence-electron chi connectivity index (χ3n) is 4.86. The number of rotatable bonds is 10. The second-order valence-corrected chi connectivity index (χ2v) is 7.21. The number of hydrogen-bond donors (Lipinski definition) is 2. The molecule has 0 aromatic heterocycles. The van der Waals surface area contributed by atoms with Gasteiger partial charge in [0.1, 0.15) is 0 Å². The summed E-state index contributed by atoms with van der Waals surface area (Å²) in [4.78, 5) is 36.6. The second-order valence-electron chi connectivity index (χ2n) is 7.21. The molecule has 0 heterocycles. The topological polar surface area (TPSA) is 125 Å². The first kappa shape index (κ1) is 25.8. The van der Waals surface area contributed by atoms with Crippen molar-refractivity contribution in [2.45, 2.75) is 0 Å². The van der Waals surface area contributed by atoms with Crippen LogP contribution in [-0.2, 0) is 4.79 Å². The van der Waals surface area contributed by atoms with E-state index in [9.17, 15) is 14.4 Å². The fraction of sp³-hybridized carbons (Fsp3) is 0.154. The highest BCUT2D eigenvalue weighted by atomic mass is 16.6. The van der Waals surface area contributed by atoms with E-state index in [4.69, 9.17) is 18.9 Å². The lowest BCUT2D eigenvalue weighted by molar-refractivity contribution is -0.120. The van der Waals surface area contributed by atoms with Crippen molar-refractivity contribution >= 4 is 24.0 Å². The number of nitrogens with one attached hydrogen (secondary N) is 2. The van der Waals surface area contributed by atoms with Gasteiger partial charge in [0.05, 0.1) is 39.7 Å². The number of methoxy groups -OCH3 is 3.